The number of sulfonamides is 1. The smallest absolute Gasteiger partial charge is 0.216 e. The lowest BCUT2D eigenvalue weighted by molar-refractivity contribution is 0.545. The van der Waals surface area contributed by atoms with Gasteiger partial charge in [0.05, 0.1) is 11.3 Å². The van der Waals surface area contributed by atoms with Crippen molar-refractivity contribution in [1.82, 2.24) is 4.72 Å². The SMILES string of the molecule is CC(C)(C)S(=O)(=O)NCc1sccc1C#CCN. The topological polar surface area (TPSA) is 72.2 Å². The normalized spacial score (nSPS) is 12.0. The zero-order valence-electron chi connectivity index (χ0n) is 10.8. The van der Waals surface area contributed by atoms with E-state index in [-0.39, 0.29) is 6.54 Å². The maximum atomic E-state index is 11.9. The molecule has 0 atom stereocenters. The fourth-order valence-electron chi connectivity index (χ4n) is 1.11. The minimum absolute atomic E-state index is 0.270. The van der Waals surface area contributed by atoms with Crippen LogP contribution < -0.4 is 10.5 Å². The molecule has 0 bridgehead atoms. The quantitative estimate of drug-likeness (QED) is 0.822. The number of rotatable bonds is 3. The first-order valence-electron chi connectivity index (χ1n) is 5.52. The van der Waals surface area contributed by atoms with Gasteiger partial charge in [0.25, 0.3) is 0 Å². The predicted molar refractivity (Wildman–Crippen MR) is 75.8 cm³/mol. The maximum Gasteiger partial charge on any atom is 0.216 e. The molecule has 0 fully saturated rings. The Bertz CT molecular complexity index is 557. The van der Waals surface area contributed by atoms with Crippen LogP contribution in [0.3, 0.4) is 0 Å². The van der Waals surface area contributed by atoms with E-state index >= 15 is 0 Å². The highest BCUT2D eigenvalue weighted by atomic mass is 32.2. The molecular weight excluding hydrogens is 268 g/mol. The molecule has 0 aliphatic carbocycles. The van der Waals surface area contributed by atoms with E-state index in [1.165, 1.54) is 11.3 Å². The van der Waals surface area contributed by atoms with E-state index in [1.54, 1.807) is 20.8 Å². The highest BCUT2D eigenvalue weighted by Gasteiger charge is 2.28. The molecule has 4 nitrogen and oxygen atoms in total. The third kappa shape index (κ3) is 3.82. The Morgan fingerprint density at radius 3 is 2.67 bits per heavy atom. The Morgan fingerprint density at radius 2 is 2.11 bits per heavy atom. The van der Waals surface area contributed by atoms with Crippen LogP contribution in [0.15, 0.2) is 11.4 Å². The van der Waals surface area contributed by atoms with Crippen LogP contribution in [0.5, 0.6) is 0 Å². The highest BCUT2D eigenvalue weighted by Crippen LogP contribution is 2.18. The lowest BCUT2D eigenvalue weighted by Gasteiger charge is -2.19. The molecule has 0 aromatic carbocycles. The zero-order valence-corrected chi connectivity index (χ0v) is 12.4. The molecule has 1 heterocycles. The first-order valence-corrected chi connectivity index (χ1v) is 7.89. The van der Waals surface area contributed by atoms with Crippen molar-refractivity contribution in [3.05, 3.63) is 21.9 Å². The Kier molecular flexibility index (Phi) is 4.93. The third-order valence-corrected chi connectivity index (χ3v) is 5.36. The van der Waals surface area contributed by atoms with Gasteiger partial charge in [0.1, 0.15) is 0 Å². The van der Waals surface area contributed by atoms with Gasteiger partial charge in [-0.15, -0.1) is 11.3 Å². The Balaban J connectivity index is 2.80. The summed E-state index contributed by atoms with van der Waals surface area (Å²) < 4.78 is 25.6. The van der Waals surface area contributed by atoms with E-state index in [0.29, 0.717) is 6.54 Å². The molecule has 0 aliphatic heterocycles. The molecule has 6 heteroatoms. The monoisotopic (exact) mass is 286 g/mol. The first kappa shape index (κ1) is 15.2. The van der Waals surface area contributed by atoms with Gasteiger partial charge in [-0.25, -0.2) is 13.1 Å². The van der Waals surface area contributed by atoms with Crippen molar-refractivity contribution >= 4 is 21.4 Å². The molecule has 0 saturated carbocycles. The van der Waals surface area contributed by atoms with Gasteiger partial charge < -0.3 is 5.73 Å². The van der Waals surface area contributed by atoms with E-state index in [9.17, 15) is 8.42 Å². The minimum atomic E-state index is -3.33. The van der Waals surface area contributed by atoms with Gasteiger partial charge in [-0.05, 0) is 32.2 Å². The van der Waals surface area contributed by atoms with E-state index in [2.05, 4.69) is 16.6 Å². The van der Waals surface area contributed by atoms with Crippen molar-refractivity contribution in [3.63, 3.8) is 0 Å². The molecule has 1 aromatic heterocycles. The average Bonchev–Trinajstić information content (AvgIpc) is 2.69. The fraction of sp³-hybridized carbons (Fsp3) is 0.500. The van der Waals surface area contributed by atoms with Crippen molar-refractivity contribution in [2.24, 2.45) is 5.73 Å². The van der Waals surface area contributed by atoms with E-state index in [1.807, 2.05) is 11.4 Å². The summed E-state index contributed by atoms with van der Waals surface area (Å²) >= 11 is 1.48. The van der Waals surface area contributed by atoms with Crippen molar-refractivity contribution in [2.45, 2.75) is 32.1 Å². The summed E-state index contributed by atoms with van der Waals surface area (Å²) in [6.45, 7) is 5.56. The van der Waals surface area contributed by atoms with Gasteiger partial charge >= 0.3 is 0 Å². The molecular formula is C12H18N2O2S2. The second-order valence-corrected chi connectivity index (χ2v) is 8.22. The van der Waals surface area contributed by atoms with Crippen LogP contribution in [0.2, 0.25) is 0 Å². The zero-order chi connectivity index (χ0) is 13.8. The number of nitrogens with one attached hydrogen (secondary N) is 1. The van der Waals surface area contributed by atoms with Crippen LogP contribution in [0.1, 0.15) is 31.2 Å². The molecule has 18 heavy (non-hydrogen) atoms. The lowest BCUT2D eigenvalue weighted by atomic mass is 10.2. The molecule has 0 amide bonds. The van der Waals surface area contributed by atoms with Crippen molar-refractivity contribution in [2.75, 3.05) is 6.54 Å². The second-order valence-electron chi connectivity index (χ2n) is 4.70. The van der Waals surface area contributed by atoms with Crippen LogP contribution >= 0.6 is 11.3 Å². The molecule has 100 valence electrons. The first-order chi connectivity index (χ1) is 8.28. The van der Waals surface area contributed by atoms with Gasteiger partial charge in [0.2, 0.25) is 10.0 Å². The highest BCUT2D eigenvalue weighted by molar-refractivity contribution is 7.90. The Labute approximate surface area is 113 Å². The summed E-state index contributed by atoms with van der Waals surface area (Å²) in [5.74, 6) is 5.69. The van der Waals surface area contributed by atoms with E-state index < -0.39 is 14.8 Å². The number of thiophene rings is 1. The molecule has 0 spiro atoms. The summed E-state index contributed by atoms with van der Waals surface area (Å²) in [6.07, 6.45) is 0. The number of hydrogen-bond donors (Lipinski definition) is 2. The van der Waals surface area contributed by atoms with Crippen molar-refractivity contribution in [3.8, 4) is 11.8 Å². The molecule has 0 unspecified atom stereocenters. The van der Waals surface area contributed by atoms with Gasteiger partial charge in [0, 0.05) is 17.0 Å². The van der Waals surface area contributed by atoms with Crippen LogP contribution in [-0.4, -0.2) is 19.7 Å². The molecule has 3 N–H and O–H groups in total. The van der Waals surface area contributed by atoms with Gasteiger partial charge in [0.15, 0.2) is 0 Å². The summed E-state index contributed by atoms with van der Waals surface area (Å²) in [6, 6.07) is 1.87. The van der Waals surface area contributed by atoms with E-state index in [0.717, 1.165) is 10.4 Å². The van der Waals surface area contributed by atoms with Gasteiger partial charge in [-0.3, -0.25) is 0 Å². The van der Waals surface area contributed by atoms with Crippen molar-refractivity contribution in [1.29, 1.82) is 0 Å². The average molecular weight is 286 g/mol. The Hall–Kier alpha value is -0.870. The predicted octanol–water partition coefficient (Wildman–Crippen LogP) is 1.28. The fourth-order valence-corrected chi connectivity index (χ4v) is 2.74. The Morgan fingerprint density at radius 1 is 1.44 bits per heavy atom. The largest absolute Gasteiger partial charge is 0.320 e. The molecule has 0 radical (unpaired) electrons. The summed E-state index contributed by atoms with van der Waals surface area (Å²) in [5, 5.41) is 1.89. The van der Waals surface area contributed by atoms with Gasteiger partial charge in [-0.2, -0.15) is 0 Å². The molecule has 0 saturated heterocycles. The second kappa shape index (κ2) is 5.85. The lowest BCUT2D eigenvalue weighted by Crippen LogP contribution is -2.38. The van der Waals surface area contributed by atoms with Gasteiger partial charge in [-0.1, -0.05) is 11.8 Å². The number of hydrogen-bond acceptors (Lipinski definition) is 4. The third-order valence-electron chi connectivity index (χ3n) is 2.30. The van der Waals surface area contributed by atoms with E-state index in [4.69, 9.17) is 5.73 Å². The number of nitrogens with two attached hydrogens (primary N) is 1. The van der Waals surface area contributed by atoms with Crippen LogP contribution in [0, 0.1) is 11.8 Å². The van der Waals surface area contributed by atoms with Crippen LogP contribution in [-0.2, 0) is 16.6 Å². The molecule has 1 rings (SSSR count). The van der Waals surface area contributed by atoms with Crippen molar-refractivity contribution < 1.29 is 8.42 Å². The molecule has 0 aliphatic rings. The van der Waals surface area contributed by atoms with Crippen LogP contribution in [0.25, 0.3) is 0 Å². The maximum absolute atomic E-state index is 11.9. The standard InChI is InChI=1S/C12H18N2O2S2/c1-12(2,3)18(15,16)14-9-11-10(5-4-7-13)6-8-17-11/h6,8,14H,7,9,13H2,1-3H3. The summed E-state index contributed by atoms with van der Waals surface area (Å²) in [4.78, 5) is 0.906. The minimum Gasteiger partial charge on any atom is -0.320 e. The van der Waals surface area contributed by atoms with Crippen LogP contribution in [0.4, 0.5) is 0 Å². The summed E-state index contributed by atoms with van der Waals surface area (Å²) in [5.41, 5.74) is 6.15. The summed E-state index contributed by atoms with van der Waals surface area (Å²) in [7, 11) is -3.33. The molecule has 1 aromatic rings.